The summed E-state index contributed by atoms with van der Waals surface area (Å²) in [6.07, 6.45) is 1.54. The fourth-order valence-electron chi connectivity index (χ4n) is 1.90. The number of nitro groups is 1. The zero-order chi connectivity index (χ0) is 14.7. The second-order valence-corrected chi connectivity index (χ2v) is 4.18. The lowest BCUT2D eigenvalue weighted by Crippen LogP contribution is -2.27. The summed E-state index contributed by atoms with van der Waals surface area (Å²) < 4.78 is 4.63. The first-order chi connectivity index (χ1) is 9.54. The Morgan fingerprint density at radius 3 is 2.85 bits per heavy atom. The summed E-state index contributed by atoms with van der Waals surface area (Å²) >= 11 is 0. The molecule has 2 aromatic rings. The number of esters is 1. The molecule has 1 aromatic heterocycles. The van der Waals surface area contributed by atoms with Crippen LogP contribution in [0.2, 0.25) is 0 Å². The molecule has 0 aliphatic rings. The van der Waals surface area contributed by atoms with Gasteiger partial charge < -0.3 is 10.1 Å². The predicted octanol–water partition coefficient (Wildman–Crippen LogP) is 2.12. The summed E-state index contributed by atoms with van der Waals surface area (Å²) in [5.41, 5.74) is 0.964. The molecule has 1 aromatic carbocycles. The molecule has 7 heteroatoms. The fourth-order valence-corrected chi connectivity index (χ4v) is 1.90. The number of non-ortho nitro benzene ring substituents is 1. The quantitative estimate of drug-likeness (QED) is 0.521. The predicted molar refractivity (Wildman–Crippen MR) is 73.5 cm³/mol. The lowest BCUT2D eigenvalue weighted by molar-refractivity contribution is -0.383. The van der Waals surface area contributed by atoms with Gasteiger partial charge in [-0.2, -0.15) is 0 Å². The summed E-state index contributed by atoms with van der Waals surface area (Å²) in [7, 11) is 1.30. The van der Waals surface area contributed by atoms with E-state index in [9.17, 15) is 14.9 Å². The van der Waals surface area contributed by atoms with Gasteiger partial charge in [-0.15, -0.1) is 0 Å². The molecule has 0 saturated heterocycles. The molecule has 1 atom stereocenters. The lowest BCUT2D eigenvalue weighted by Gasteiger charge is -2.14. The number of ether oxygens (including phenoxy) is 1. The number of hydrogen-bond acceptors (Lipinski definition) is 6. The number of aromatic nitrogens is 1. The number of pyridine rings is 1. The van der Waals surface area contributed by atoms with Gasteiger partial charge in [0.2, 0.25) is 0 Å². The van der Waals surface area contributed by atoms with Crippen LogP contribution < -0.4 is 5.32 Å². The van der Waals surface area contributed by atoms with Gasteiger partial charge in [0.05, 0.1) is 23.1 Å². The van der Waals surface area contributed by atoms with Crippen molar-refractivity contribution < 1.29 is 14.5 Å². The highest BCUT2D eigenvalue weighted by Gasteiger charge is 2.18. The van der Waals surface area contributed by atoms with Crippen LogP contribution in [0.15, 0.2) is 30.5 Å². The van der Waals surface area contributed by atoms with Gasteiger partial charge in [0.1, 0.15) is 11.6 Å². The summed E-state index contributed by atoms with van der Waals surface area (Å²) in [5, 5.41) is 14.3. The van der Waals surface area contributed by atoms with E-state index in [2.05, 4.69) is 15.0 Å². The molecule has 0 aliphatic heterocycles. The zero-order valence-electron chi connectivity index (χ0n) is 11.0. The fraction of sp³-hybridized carbons (Fsp3) is 0.231. The Balaban J connectivity index is 2.48. The molecule has 7 nitrogen and oxygen atoms in total. The molecule has 0 fully saturated rings. The molecular formula is C13H13N3O4. The van der Waals surface area contributed by atoms with Crippen LogP contribution in [0.3, 0.4) is 0 Å². The van der Waals surface area contributed by atoms with Gasteiger partial charge in [-0.1, -0.05) is 0 Å². The van der Waals surface area contributed by atoms with Crippen molar-refractivity contribution in [1.29, 1.82) is 0 Å². The van der Waals surface area contributed by atoms with E-state index in [1.54, 1.807) is 25.3 Å². The number of fused-ring (bicyclic) bond motifs is 1. The summed E-state index contributed by atoms with van der Waals surface area (Å²) in [4.78, 5) is 26.1. The third-order valence-electron chi connectivity index (χ3n) is 2.87. The van der Waals surface area contributed by atoms with Crippen LogP contribution in [0.4, 0.5) is 11.4 Å². The highest BCUT2D eigenvalue weighted by molar-refractivity contribution is 5.97. The maximum absolute atomic E-state index is 11.4. The van der Waals surface area contributed by atoms with Crippen molar-refractivity contribution in [2.45, 2.75) is 13.0 Å². The van der Waals surface area contributed by atoms with Crippen molar-refractivity contribution in [3.05, 3.63) is 40.6 Å². The number of nitrogens with zero attached hydrogens (tertiary/aromatic N) is 2. The van der Waals surface area contributed by atoms with E-state index in [-0.39, 0.29) is 5.69 Å². The summed E-state index contributed by atoms with van der Waals surface area (Å²) in [6, 6.07) is 5.59. The Morgan fingerprint density at radius 1 is 1.45 bits per heavy atom. The Labute approximate surface area is 114 Å². The molecule has 0 bridgehead atoms. The van der Waals surface area contributed by atoms with Crippen LogP contribution in [0, 0.1) is 10.1 Å². The minimum Gasteiger partial charge on any atom is -0.467 e. The number of anilines is 1. The minimum absolute atomic E-state index is 0.0237. The minimum atomic E-state index is -0.577. The first-order valence-electron chi connectivity index (χ1n) is 5.91. The van der Waals surface area contributed by atoms with Gasteiger partial charge >= 0.3 is 5.97 Å². The number of rotatable bonds is 4. The lowest BCUT2D eigenvalue weighted by atomic mass is 10.1. The second-order valence-electron chi connectivity index (χ2n) is 4.18. The van der Waals surface area contributed by atoms with E-state index in [1.807, 2.05) is 0 Å². The molecule has 0 aliphatic carbocycles. The second kappa shape index (κ2) is 5.52. The SMILES string of the molecule is COC(=O)C(C)Nc1ccc([N+](=O)[O-])c2cccnc12. The Bertz CT molecular complexity index is 672. The Hall–Kier alpha value is -2.70. The standard InChI is InChI=1S/C13H13N3O4/c1-8(13(17)20-2)15-10-5-6-11(16(18)19)9-4-3-7-14-12(9)10/h3-8,15H,1-2H3. The first-order valence-corrected chi connectivity index (χ1v) is 5.91. The third kappa shape index (κ3) is 2.51. The molecule has 20 heavy (non-hydrogen) atoms. The van der Waals surface area contributed by atoms with Crippen LogP contribution >= 0.6 is 0 Å². The largest absolute Gasteiger partial charge is 0.467 e. The number of nitrogens with one attached hydrogen (secondary N) is 1. The number of carbonyl (C=O) groups is 1. The summed E-state index contributed by atoms with van der Waals surface area (Å²) in [5.74, 6) is -0.424. The Kier molecular flexibility index (Phi) is 3.79. The van der Waals surface area contributed by atoms with Gasteiger partial charge in [-0.3, -0.25) is 15.1 Å². The van der Waals surface area contributed by atoms with Crippen molar-refractivity contribution >= 4 is 28.2 Å². The Morgan fingerprint density at radius 2 is 2.20 bits per heavy atom. The molecule has 1 N–H and O–H groups in total. The molecule has 0 spiro atoms. The molecular weight excluding hydrogens is 262 g/mol. The molecule has 0 amide bonds. The van der Waals surface area contributed by atoms with Crippen LogP contribution in [0.25, 0.3) is 10.9 Å². The van der Waals surface area contributed by atoms with Crippen LogP contribution in [-0.2, 0) is 9.53 Å². The van der Waals surface area contributed by atoms with E-state index in [0.29, 0.717) is 16.6 Å². The molecule has 104 valence electrons. The molecule has 1 unspecified atom stereocenters. The van der Waals surface area contributed by atoms with Crippen molar-refractivity contribution in [1.82, 2.24) is 4.98 Å². The number of nitro benzene ring substituents is 1. The van der Waals surface area contributed by atoms with E-state index in [1.165, 1.54) is 19.2 Å². The zero-order valence-corrected chi connectivity index (χ0v) is 11.0. The van der Waals surface area contributed by atoms with Crippen LogP contribution in [-0.4, -0.2) is 29.0 Å². The van der Waals surface area contributed by atoms with Gasteiger partial charge in [-0.25, -0.2) is 4.79 Å². The van der Waals surface area contributed by atoms with E-state index < -0.39 is 16.9 Å². The van der Waals surface area contributed by atoms with Crippen molar-refractivity contribution in [2.24, 2.45) is 0 Å². The monoisotopic (exact) mass is 275 g/mol. The highest BCUT2D eigenvalue weighted by atomic mass is 16.6. The van der Waals surface area contributed by atoms with E-state index in [4.69, 9.17) is 0 Å². The van der Waals surface area contributed by atoms with Crippen LogP contribution in [0.1, 0.15) is 6.92 Å². The molecule has 1 heterocycles. The average Bonchev–Trinajstić information content (AvgIpc) is 2.46. The number of methoxy groups -OCH3 is 1. The maximum atomic E-state index is 11.4. The third-order valence-corrected chi connectivity index (χ3v) is 2.87. The van der Waals surface area contributed by atoms with E-state index >= 15 is 0 Å². The first kappa shape index (κ1) is 13.7. The van der Waals surface area contributed by atoms with Gasteiger partial charge in [0.15, 0.2) is 0 Å². The number of hydrogen-bond donors (Lipinski definition) is 1. The summed E-state index contributed by atoms with van der Waals surface area (Å²) in [6.45, 7) is 1.64. The van der Waals surface area contributed by atoms with Crippen molar-refractivity contribution in [3.63, 3.8) is 0 Å². The van der Waals surface area contributed by atoms with Crippen molar-refractivity contribution in [2.75, 3.05) is 12.4 Å². The number of benzene rings is 1. The molecule has 0 radical (unpaired) electrons. The topological polar surface area (TPSA) is 94.4 Å². The average molecular weight is 275 g/mol. The van der Waals surface area contributed by atoms with E-state index in [0.717, 1.165) is 0 Å². The normalized spacial score (nSPS) is 11.9. The maximum Gasteiger partial charge on any atom is 0.327 e. The molecule has 0 saturated carbocycles. The molecule has 2 rings (SSSR count). The van der Waals surface area contributed by atoms with Gasteiger partial charge in [0, 0.05) is 12.3 Å². The highest BCUT2D eigenvalue weighted by Crippen LogP contribution is 2.30. The van der Waals surface area contributed by atoms with Crippen LogP contribution in [0.5, 0.6) is 0 Å². The van der Waals surface area contributed by atoms with Gasteiger partial charge in [0.25, 0.3) is 5.69 Å². The van der Waals surface area contributed by atoms with Crippen molar-refractivity contribution in [3.8, 4) is 0 Å². The van der Waals surface area contributed by atoms with Gasteiger partial charge in [-0.05, 0) is 25.1 Å². The number of carbonyl (C=O) groups excluding carboxylic acids is 1. The smallest absolute Gasteiger partial charge is 0.327 e.